The number of pyridine rings is 1. The summed E-state index contributed by atoms with van der Waals surface area (Å²) in [5, 5.41) is 12.2. The molecule has 0 unspecified atom stereocenters. The fraction of sp³-hybridized carbons (Fsp3) is 0.280. The molecule has 6 nitrogen and oxygen atoms in total. The van der Waals surface area contributed by atoms with Crippen molar-refractivity contribution in [2.24, 2.45) is 17.8 Å². The van der Waals surface area contributed by atoms with Crippen LogP contribution in [0.2, 0.25) is 0 Å². The van der Waals surface area contributed by atoms with Crippen LogP contribution in [0.1, 0.15) is 36.5 Å². The van der Waals surface area contributed by atoms with Crippen molar-refractivity contribution in [2.45, 2.75) is 26.2 Å². The Morgan fingerprint density at radius 1 is 1.00 bits per heavy atom. The molecule has 1 saturated heterocycles. The molecule has 0 bridgehead atoms. The fourth-order valence-corrected chi connectivity index (χ4v) is 4.94. The van der Waals surface area contributed by atoms with Gasteiger partial charge in [0.25, 0.3) is 0 Å². The first-order valence-electron chi connectivity index (χ1n) is 10.5. The molecule has 6 heteroatoms. The molecule has 2 aliphatic rings. The molecule has 1 aliphatic carbocycles. The first-order chi connectivity index (χ1) is 14.9. The number of rotatable bonds is 3. The molecule has 1 saturated carbocycles. The van der Waals surface area contributed by atoms with E-state index in [1.54, 1.807) is 48.5 Å². The van der Waals surface area contributed by atoms with Crippen molar-refractivity contribution >= 4 is 34.4 Å². The second-order valence-electron chi connectivity index (χ2n) is 8.55. The Morgan fingerprint density at radius 2 is 1.77 bits per heavy atom. The van der Waals surface area contributed by atoms with Gasteiger partial charge in [-0.05, 0) is 49.4 Å². The molecule has 3 atom stereocenters. The van der Waals surface area contributed by atoms with Gasteiger partial charge in [-0.15, -0.1) is 0 Å². The Morgan fingerprint density at radius 3 is 2.58 bits per heavy atom. The lowest BCUT2D eigenvalue weighted by atomic mass is 9.76. The molecule has 156 valence electrons. The third kappa shape index (κ3) is 3.19. The maximum absolute atomic E-state index is 13.1. The number of para-hydroxylation sites is 1. The summed E-state index contributed by atoms with van der Waals surface area (Å²) < 4.78 is 0. The topological polar surface area (TPSA) is 90.4 Å². The van der Waals surface area contributed by atoms with Gasteiger partial charge in [0.2, 0.25) is 11.8 Å². The Labute approximate surface area is 179 Å². The molecule has 0 radical (unpaired) electrons. The Kier molecular flexibility index (Phi) is 4.58. The van der Waals surface area contributed by atoms with Crippen molar-refractivity contribution in [2.75, 3.05) is 4.90 Å². The van der Waals surface area contributed by atoms with E-state index in [4.69, 9.17) is 0 Å². The van der Waals surface area contributed by atoms with Crippen LogP contribution in [0.4, 0.5) is 5.69 Å². The zero-order chi connectivity index (χ0) is 21.7. The van der Waals surface area contributed by atoms with Gasteiger partial charge in [0.05, 0.1) is 34.7 Å². The van der Waals surface area contributed by atoms with E-state index in [1.807, 2.05) is 0 Å². The SMILES string of the molecule is C[C@H]1CC[C@H]2C(=O)N(c3cccc(-c4cc(C(=O)[O-])c5ccccc5n4)c3)C(=O)[C@@H]2C1. The molecule has 2 heterocycles. The van der Waals surface area contributed by atoms with Crippen LogP contribution in [0.5, 0.6) is 0 Å². The quantitative estimate of drug-likeness (QED) is 0.615. The van der Waals surface area contributed by atoms with E-state index in [0.717, 1.165) is 19.3 Å². The van der Waals surface area contributed by atoms with Gasteiger partial charge in [-0.1, -0.05) is 37.3 Å². The number of fused-ring (bicyclic) bond motifs is 2. The maximum atomic E-state index is 13.1. The molecule has 31 heavy (non-hydrogen) atoms. The Balaban J connectivity index is 1.57. The number of benzene rings is 2. The summed E-state index contributed by atoms with van der Waals surface area (Å²) in [7, 11) is 0. The standard InChI is InChI=1S/C25H22N2O4/c1-14-9-10-18-19(11-14)24(29)27(23(18)28)16-6-4-5-15(12-16)22-13-20(25(30)31)17-7-2-3-8-21(17)26-22/h2-8,12-14,18-19H,9-11H2,1H3,(H,30,31)/p-1/t14-,18+,19+/m0/s1. The van der Waals surface area contributed by atoms with Crippen LogP contribution < -0.4 is 10.0 Å². The molecule has 5 rings (SSSR count). The van der Waals surface area contributed by atoms with E-state index in [0.29, 0.717) is 33.8 Å². The summed E-state index contributed by atoms with van der Waals surface area (Å²) in [6, 6.07) is 15.5. The number of aromatic carboxylic acids is 1. The van der Waals surface area contributed by atoms with Crippen molar-refractivity contribution in [1.82, 2.24) is 4.98 Å². The smallest absolute Gasteiger partial charge is 0.237 e. The summed E-state index contributed by atoms with van der Waals surface area (Å²) in [5.41, 5.74) is 2.18. The van der Waals surface area contributed by atoms with Gasteiger partial charge in [-0.25, -0.2) is 4.98 Å². The molecule has 2 aromatic carbocycles. The monoisotopic (exact) mass is 413 g/mol. The normalized spacial score (nSPS) is 23.3. The van der Waals surface area contributed by atoms with Crippen LogP contribution >= 0.6 is 0 Å². The summed E-state index contributed by atoms with van der Waals surface area (Å²) in [6.45, 7) is 2.12. The number of carboxylic acids is 1. The number of hydrogen-bond acceptors (Lipinski definition) is 5. The van der Waals surface area contributed by atoms with Gasteiger partial charge in [-0.2, -0.15) is 0 Å². The highest BCUT2D eigenvalue weighted by Gasteiger charge is 2.49. The lowest BCUT2D eigenvalue weighted by molar-refractivity contribution is -0.254. The minimum Gasteiger partial charge on any atom is -0.545 e. The van der Waals surface area contributed by atoms with Crippen molar-refractivity contribution in [3.8, 4) is 11.3 Å². The van der Waals surface area contributed by atoms with Crippen molar-refractivity contribution in [3.05, 3.63) is 60.2 Å². The number of hydrogen-bond donors (Lipinski definition) is 0. The maximum Gasteiger partial charge on any atom is 0.237 e. The van der Waals surface area contributed by atoms with Gasteiger partial charge in [0, 0.05) is 16.5 Å². The van der Waals surface area contributed by atoms with Gasteiger partial charge < -0.3 is 9.90 Å². The molecule has 0 spiro atoms. The van der Waals surface area contributed by atoms with E-state index in [-0.39, 0.29) is 29.2 Å². The number of nitrogens with zero attached hydrogens (tertiary/aromatic N) is 2. The zero-order valence-electron chi connectivity index (χ0n) is 17.1. The van der Waals surface area contributed by atoms with E-state index in [9.17, 15) is 19.5 Å². The number of carbonyl (C=O) groups excluding carboxylic acids is 3. The first-order valence-corrected chi connectivity index (χ1v) is 10.5. The zero-order valence-corrected chi connectivity index (χ0v) is 17.1. The summed E-state index contributed by atoms with van der Waals surface area (Å²) in [5.74, 6) is -1.60. The predicted molar refractivity (Wildman–Crippen MR) is 114 cm³/mol. The average Bonchev–Trinajstić information content (AvgIpc) is 3.02. The van der Waals surface area contributed by atoms with Gasteiger partial charge in [0.15, 0.2) is 0 Å². The highest BCUT2D eigenvalue weighted by Crippen LogP contribution is 2.42. The second kappa shape index (κ2) is 7.30. The van der Waals surface area contributed by atoms with Crippen LogP contribution in [-0.4, -0.2) is 22.8 Å². The minimum atomic E-state index is -1.28. The molecule has 2 fully saturated rings. The number of amides is 2. The second-order valence-corrected chi connectivity index (χ2v) is 8.55. The Bertz CT molecular complexity index is 1240. The number of anilines is 1. The number of carboxylic acid groups (broad SMARTS) is 1. The summed E-state index contributed by atoms with van der Waals surface area (Å²) >= 11 is 0. The number of aromatic nitrogens is 1. The molecule has 3 aromatic rings. The van der Waals surface area contributed by atoms with E-state index in [1.165, 1.54) is 11.0 Å². The molecular formula is C25H21N2O4-. The van der Waals surface area contributed by atoms with E-state index in [2.05, 4.69) is 11.9 Å². The van der Waals surface area contributed by atoms with E-state index < -0.39 is 5.97 Å². The van der Waals surface area contributed by atoms with E-state index >= 15 is 0 Å². The van der Waals surface area contributed by atoms with Crippen LogP contribution in [0.25, 0.3) is 22.2 Å². The van der Waals surface area contributed by atoms with Crippen LogP contribution in [0.3, 0.4) is 0 Å². The van der Waals surface area contributed by atoms with Crippen molar-refractivity contribution in [3.63, 3.8) is 0 Å². The minimum absolute atomic E-state index is 0.0549. The number of imide groups is 1. The fourth-order valence-electron chi connectivity index (χ4n) is 4.94. The largest absolute Gasteiger partial charge is 0.545 e. The van der Waals surface area contributed by atoms with Crippen LogP contribution in [-0.2, 0) is 9.59 Å². The average molecular weight is 413 g/mol. The lowest BCUT2D eigenvalue weighted by Gasteiger charge is -2.25. The Hall–Kier alpha value is -3.54. The number of carbonyl (C=O) groups is 3. The first kappa shape index (κ1) is 19.4. The molecule has 1 aromatic heterocycles. The summed E-state index contributed by atoms with van der Waals surface area (Å²) in [6.07, 6.45) is 2.45. The van der Waals surface area contributed by atoms with Crippen LogP contribution in [0, 0.1) is 17.8 Å². The molecule has 1 aliphatic heterocycles. The van der Waals surface area contributed by atoms with Crippen molar-refractivity contribution in [1.29, 1.82) is 0 Å². The molecule has 0 N–H and O–H groups in total. The lowest BCUT2D eigenvalue weighted by Crippen LogP contribution is -2.30. The van der Waals surface area contributed by atoms with Gasteiger partial charge in [-0.3, -0.25) is 14.5 Å². The highest BCUT2D eigenvalue weighted by molar-refractivity contribution is 6.22. The van der Waals surface area contributed by atoms with Gasteiger partial charge in [0.1, 0.15) is 0 Å². The summed E-state index contributed by atoms with van der Waals surface area (Å²) in [4.78, 5) is 43.7. The van der Waals surface area contributed by atoms with Gasteiger partial charge >= 0.3 is 0 Å². The molecule has 2 amide bonds. The van der Waals surface area contributed by atoms with Crippen LogP contribution in [0.15, 0.2) is 54.6 Å². The third-order valence-corrected chi connectivity index (χ3v) is 6.52. The van der Waals surface area contributed by atoms with Crippen molar-refractivity contribution < 1.29 is 19.5 Å². The highest BCUT2D eigenvalue weighted by atomic mass is 16.4. The molecular weight excluding hydrogens is 392 g/mol. The predicted octanol–water partition coefficient (Wildman–Crippen LogP) is 3.19. The third-order valence-electron chi connectivity index (χ3n) is 6.52.